The van der Waals surface area contributed by atoms with E-state index in [4.69, 9.17) is 11.5 Å². The minimum absolute atomic E-state index is 0.0252. The average molecular weight is 210 g/mol. The Balaban J connectivity index is 2.33. The molecule has 1 amide bonds. The van der Waals surface area contributed by atoms with Gasteiger partial charge in [0.2, 0.25) is 5.91 Å². The second kappa shape index (κ2) is 6.44. The number of carbonyl (C=O) groups excluding carboxylic acids is 1. The number of hydrogen-bond acceptors (Lipinski definition) is 3. The molecule has 0 heterocycles. The Morgan fingerprint density at radius 3 is 2.80 bits per heavy atom. The van der Waals surface area contributed by atoms with Gasteiger partial charge in [0.25, 0.3) is 0 Å². The van der Waals surface area contributed by atoms with Crippen LogP contribution in [0.4, 0.5) is 0 Å². The number of aliphatic hydroxyl groups is 1. The smallest absolute Gasteiger partial charge is 0.236 e. The average Bonchev–Trinajstić information content (AvgIpc) is 2.14. The van der Waals surface area contributed by atoms with Crippen LogP contribution in [-0.4, -0.2) is 48.2 Å². The maximum absolute atomic E-state index is 11.7. The van der Waals surface area contributed by atoms with Crippen LogP contribution in [-0.2, 0) is 4.79 Å². The SMILES string of the molecule is C#CCNCC(=O)N(CCO)C1CCC1. The maximum Gasteiger partial charge on any atom is 0.236 e. The molecule has 0 aromatic rings. The molecule has 0 spiro atoms. The van der Waals surface area contributed by atoms with Crippen LogP contribution in [0.1, 0.15) is 19.3 Å². The van der Waals surface area contributed by atoms with Crippen molar-refractivity contribution in [1.29, 1.82) is 0 Å². The lowest BCUT2D eigenvalue weighted by Gasteiger charge is -2.37. The predicted octanol–water partition coefficient (Wildman–Crippen LogP) is -0.417. The lowest BCUT2D eigenvalue weighted by atomic mass is 9.91. The van der Waals surface area contributed by atoms with Gasteiger partial charge in [0.1, 0.15) is 0 Å². The van der Waals surface area contributed by atoms with E-state index < -0.39 is 0 Å². The van der Waals surface area contributed by atoms with Crippen molar-refractivity contribution in [3.63, 3.8) is 0 Å². The first-order valence-corrected chi connectivity index (χ1v) is 5.34. The molecule has 0 radical (unpaired) electrons. The van der Waals surface area contributed by atoms with E-state index in [9.17, 15) is 4.79 Å². The number of hydrogen-bond donors (Lipinski definition) is 2. The molecule has 15 heavy (non-hydrogen) atoms. The molecule has 84 valence electrons. The Hall–Kier alpha value is -1.05. The van der Waals surface area contributed by atoms with E-state index >= 15 is 0 Å². The van der Waals surface area contributed by atoms with Gasteiger partial charge in [-0.3, -0.25) is 10.1 Å². The number of amides is 1. The van der Waals surface area contributed by atoms with Crippen LogP contribution in [0.25, 0.3) is 0 Å². The maximum atomic E-state index is 11.7. The normalized spacial score (nSPS) is 15.5. The van der Waals surface area contributed by atoms with Crippen LogP contribution in [0.3, 0.4) is 0 Å². The van der Waals surface area contributed by atoms with Crippen molar-refractivity contribution in [3.05, 3.63) is 0 Å². The molecule has 0 unspecified atom stereocenters. The largest absolute Gasteiger partial charge is 0.395 e. The third kappa shape index (κ3) is 3.54. The fourth-order valence-corrected chi connectivity index (χ4v) is 1.66. The van der Waals surface area contributed by atoms with Crippen molar-refractivity contribution in [1.82, 2.24) is 10.2 Å². The number of aliphatic hydroxyl groups excluding tert-OH is 1. The highest BCUT2D eigenvalue weighted by molar-refractivity contribution is 5.78. The second-order valence-electron chi connectivity index (χ2n) is 3.70. The Morgan fingerprint density at radius 2 is 2.33 bits per heavy atom. The van der Waals surface area contributed by atoms with Crippen LogP contribution in [0.2, 0.25) is 0 Å². The van der Waals surface area contributed by atoms with Gasteiger partial charge in [0.05, 0.1) is 19.7 Å². The van der Waals surface area contributed by atoms with Crippen LogP contribution < -0.4 is 5.32 Å². The van der Waals surface area contributed by atoms with Crippen molar-refractivity contribution < 1.29 is 9.90 Å². The fourth-order valence-electron chi connectivity index (χ4n) is 1.66. The highest BCUT2D eigenvalue weighted by Crippen LogP contribution is 2.24. The molecule has 0 saturated heterocycles. The summed E-state index contributed by atoms with van der Waals surface area (Å²) in [5.41, 5.74) is 0. The molecule has 0 aliphatic heterocycles. The first kappa shape index (κ1) is 12.0. The molecule has 0 bridgehead atoms. The quantitative estimate of drug-likeness (QED) is 0.462. The third-order valence-electron chi connectivity index (χ3n) is 2.68. The number of rotatable bonds is 6. The molecule has 4 heteroatoms. The van der Waals surface area contributed by atoms with Gasteiger partial charge >= 0.3 is 0 Å². The summed E-state index contributed by atoms with van der Waals surface area (Å²) in [6, 6.07) is 0.331. The summed E-state index contributed by atoms with van der Waals surface area (Å²) in [7, 11) is 0. The van der Waals surface area contributed by atoms with Gasteiger partial charge in [0, 0.05) is 12.6 Å². The first-order valence-electron chi connectivity index (χ1n) is 5.34. The topological polar surface area (TPSA) is 52.6 Å². The predicted molar refractivity (Wildman–Crippen MR) is 58.1 cm³/mol. The second-order valence-corrected chi connectivity index (χ2v) is 3.70. The Labute approximate surface area is 90.6 Å². The van der Waals surface area contributed by atoms with Gasteiger partial charge in [-0.2, -0.15) is 0 Å². The van der Waals surface area contributed by atoms with Crippen LogP contribution in [0, 0.1) is 12.3 Å². The Morgan fingerprint density at radius 1 is 1.60 bits per heavy atom. The highest BCUT2D eigenvalue weighted by Gasteiger charge is 2.27. The molecule has 0 atom stereocenters. The number of carbonyl (C=O) groups is 1. The Kier molecular flexibility index (Phi) is 5.16. The van der Waals surface area contributed by atoms with Crippen LogP contribution >= 0.6 is 0 Å². The zero-order valence-corrected chi connectivity index (χ0v) is 8.91. The van der Waals surface area contributed by atoms with Gasteiger partial charge in [-0.15, -0.1) is 6.42 Å². The number of terminal acetylenes is 1. The van der Waals surface area contributed by atoms with E-state index in [1.807, 2.05) is 0 Å². The van der Waals surface area contributed by atoms with E-state index in [1.54, 1.807) is 4.90 Å². The standard InChI is InChI=1S/C11H18N2O2/c1-2-6-12-9-11(15)13(7-8-14)10-4-3-5-10/h1,10,12,14H,3-9H2. The summed E-state index contributed by atoms with van der Waals surface area (Å²) >= 11 is 0. The van der Waals surface area contributed by atoms with Crippen molar-refractivity contribution in [2.75, 3.05) is 26.2 Å². The fraction of sp³-hybridized carbons (Fsp3) is 0.727. The van der Waals surface area contributed by atoms with Crippen molar-refractivity contribution in [2.45, 2.75) is 25.3 Å². The van der Waals surface area contributed by atoms with Crippen molar-refractivity contribution in [2.24, 2.45) is 0 Å². The summed E-state index contributed by atoms with van der Waals surface area (Å²) in [5.74, 6) is 2.45. The Bertz CT molecular complexity index is 243. The van der Waals surface area contributed by atoms with Crippen LogP contribution in [0.15, 0.2) is 0 Å². The summed E-state index contributed by atoms with van der Waals surface area (Å²) in [5, 5.41) is 11.7. The van der Waals surface area contributed by atoms with E-state index in [0.717, 1.165) is 12.8 Å². The molecular formula is C11H18N2O2. The molecule has 4 nitrogen and oxygen atoms in total. The molecule has 1 aliphatic carbocycles. The molecule has 1 rings (SSSR count). The van der Waals surface area contributed by atoms with Crippen molar-refractivity contribution >= 4 is 5.91 Å². The van der Waals surface area contributed by atoms with Gasteiger partial charge in [0.15, 0.2) is 0 Å². The van der Waals surface area contributed by atoms with E-state index in [0.29, 0.717) is 19.1 Å². The molecule has 0 aromatic heterocycles. The van der Waals surface area contributed by atoms with Gasteiger partial charge in [-0.1, -0.05) is 5.92 Å². The summed E-state index contributed by atoms with van der Waals surface area (Å²) in [6.07, 6.45) is 8.36. The van der Waals surface area contributed by atoms with Crippen molar-refractivity contribution in [3.8, 4) is 12.3 Å². The molecule has 1 saturated carbocycles. The minimum atomic E-state index is 0.0252. The summed E-state index contributed by atoms with van der Waals surface area (Å²) in [4.78, 5) is 13.5. The summed E-state index contributed by atoms with van der Waals surface area (Å²) in [6.45, 7) is 1.13. The molecule has 2 N–H and O–H groups in total. The van der Waals surface area contributed by atoms with Gasteiger partial charge in [-0.05, 0) is 19.3 Å². The molecular weight excluding hydrogens is 192 g/mol. The van der Waals surface area contributed by atoms with Gasteiger partial charge < -0.3 is 10.0 Å². The molecule has 1 aliphatic rings. The summed E-state index contributed by atoms with van der Waals surface area (Å²) < 4.78 is 0. The van der Waals surface area contributed by atoms with E-state index in [1.165, 1.54) is 6.42 Å². The lowest BCUT2D eigenvalue weighted by molar-refractivity contribution is -0.134. The van der Waals surface area contributed by atoms with E-state index in [2.05, 4.69) is 11.2 Å². The van der Waals surface area contributed by atoms with Gasteiger partial charge in [-0.25, -0.2) is 0 Å². The zero-order chi connectivity index (χ0) is 11.1. The first-order chi connectivity index (χ1) is 7.29. The molecule has 1 fully saturated rings. The third-order valence-corrected chi connectivity index (χ3v) is 2.68. The number of nitrogens with zero attached hydrogens (tertiary/aromatic N) is 1. The van der Waals surface area contributed by atoms with E-state index in [-0.39, 0.29) is 19.1 Å². The minimum Gasteiger partial charge on any atom is -0.395 e. The molecule has 0 aromatic carbocycles. The van der Waals surface area contributed by atoms with Crippen LogP contribution in [0.5, 0.6) is 0 Å². The highest BCUT2D eigenvalue weighted by atomic mass is 16.3. The lowest BCUT2D eigenvalue weighted by Crippen LogP contribution is -2.48. The zero-order valence-electron chi connectivity index (χ0n) is 8.91. The number of nitrogens with one attached hydrogen (secondary N) is 1. The monoisotopic (exact) mass is 210 g/mol.